The van der Waals surface area contributed by atoms with Gasteiger partial charge in [-0.15, -0.1) is 0 Å². The zero-order valence-corrected chi connectivity index (χ0v) is 11.2. The quantitative estimate of drug-likeness (QED) is 0.582. The van der Waals surface area contributed by atoms with Gasteiger partial charge in [0.2, 0.25) is 0 Å². The van der Waals surface area contributed by atoms with E-state index in [0.29, 0.717) is 0 Å². The van der Waals surface area contributed by atoms with Crippen LogP contribution >= 0.6 is 0 Å². The van der Waals surface area contributed by atoms with Gasteiger partial charge in [0.15, 0.2) is 0 Å². The highest BCUT2D eigenvalue weighted by Crippen LogP contribution is 2.32. The largest absolute Gasteiger partial charge is 0.480 e. The summed E-state index contributed by atoms with van der Waals surface area (Å²) < 4.78 is 0. The summed E-state index contributed by atoms with van der Waals surface area (Å²) in [4.78, 5) is 22.6. The van der Waals surface area contributed by atoms with E-state index in [4.69, 9.17) is 5.11 Å². The first-order valence-electron chi connectivity index (χ1n) is 6.84. The summed E-state index contributed by atoms with van der Waals surface area (Å²) in [5.41, 5.74) is 0. The molecule has 0 aromatic carbocycles. The molecule has 0 aliphatic heterocycles. The molecule has 0 radical (unpaired) electrons. The number of hydrogen-bond donors (Lipinski definition) is 3. The van der Waals surface area contributed by atoms with E-state index in [1.165, 1.54) is 0 Å². The Kier molecular flexibility index (Phi) is 5.95. The first-order valence-corrected chi connectivity index (χ1v) is 6.84. The summed E-state index contributed by atoms with van der Waals surface area (Å²) in [7, 11) is 0. The number of urea groups is 1. The maximum Gasteiger partial charge on any atom is 0.326 e. The van der Waals surface area contributed by atoms with Crippen molar-refractivity contribution in [2.45, 2.75) is 64.5 Å². The smallest absolute Gasteiger partial charge is 0.326 e. The van der Waals surface area contributed by atoms with Crippen LogP contribution in [0.4, 0.5) is 4.79 Å². The van der Waals surface area contributed by atoms with Crippen molar-refractivity contribution in [3.8, 4) is 0 Å². The summed E-state index contributed by atoms with van der Waals surface area (Å²) >= 11 is 0. The molecule has 2 unspecified atom stereocenters. The average Bonchev–Trinajstić information content (AvgIpc) is 3.09. The zero-order chi connectivity index (χ0) is 13.5. The van der Waals surface area contributed by atoms with Crippen LogP contribution in [-0.4, -0.2) is 29.2 Å². The third-order valence-corrected chi connectivity index (χ3v) is 3.26. The van der Waals surface area contributed by atoms with Crippen LogP contribution in [0.5, 0.6) is 0 Å². The lowest BCUT2D eigenvalue weighted by Crippen LogP contribution is -2.49. The van der Waals surface area contributed by atoms with Crippen molar-refractivity contribution in [2.75, 3.05) is 0 Å². The summed E-state index contributed by atoms with van der Waals surface area (Å²) in [5.74, 6) is -0.824. The van der Waals surface area contributed by atoms with Crippen molar-refractivity contribution < 1.29 is 14.7 Å². The van der Waals surface area contributed by atoms with Crippen molar-refractivity contribution in [3.63, 3.8) is 0 Å². The number of aliphatic carboxylic acids is 1. The molecule has 1 aliphatic rings. The lowest BCUT2D eigenvalue weighted by atomic mass is 10.1. The molecule has 1 rings (SSSR count). The fourth-order valence-corrected chi connectivity index (χ4v) is 1.99. The Balaban J connectivity index is 2.24. The maximum absolute atomic E-state index is 11.6. The van der Waals surface area contributed by atoms with E-state index in [1.54, 1.807) is 0 Å². The molecule has 0 aromatic rings. The standard InChI is InChI=1S/C13H24N2O3/c1-3-4-5-6-9(2)14-13(18)15-11(12(16)17)10-7-8-10/h9-11H,3-8H2,1-2H3,(H,16,17)(H2,14,15,18). The first-order chi connectivity index (χ1) is 8.54. The van der Waals surface area contributed by atoms with Crippen molar-refractivity contribution in [2.24, 2.45) is 5.92 Å². The number of nitrogens with one attached hydrogen (secondary N) is 2. The molecule has 3 N–H and O–H groups in total. The summed E-state index contributed by atoms with van der Waals surface area (Å²) in [6.07, 6.45) is 6.12. The Labute approximate surface area is 108 Å². The Morgan fingerprint density at radius 3 is 2.44 bits per heavy atom. The minimum atomic E-state index is -0.939. The molecular formula is C13H24N2O3. The highest BCUT2D eigenvalue weighted by molar-refractivity contribution is 5.83. The Morgan fingerprint density at radius 2 is 1.94 bits per heavy atom. The normalized spacial score (nSPS) is 17.9. The molecule has 18 heavy (non-hydrogen) atoms. The topological polar surface area (TPSA) is 78.4 Å². The van der Waals surface area contributed by atoms with E-state index in [2.05, 4.69) is 17.6 Å². The van der Waals surface area contributed by atoms with Gasteiger partial charge in [0, 0.05) is 6.04 Å². The summed E-state index contributed by atoms with van der Waals surface area (Å²) in [6.45, 7) is 4.08. The van der Waals surface area contributed by atoms with Crippen LogP contribution < -0.4 is 10.6 Å². The number of carboxylic acid groups (broad SMARTS) is 1. The molecule has 1 fully saturated rings. The van der Waals surface area contributed by atoms with E-state index in [-0.39, 0.29) is 18.0 Å². The molecule has 0 spiro atoms. The number of carbonyl (C=O) groups excluding carboxylic acids is 1. The lowest BCUT2D eigenvalue weighted by Gasteiger charge is -2.18. The van der Waals surface area contributed by atoms with Gasteiger partial charge in [-0.3, -0.25) is 0 Å². The minimum Gasteiger partial charge on any atom is -0.480 e. The molecule has 0 bridgehead atoms. The molecular weight excluding hydrogens is 232 g/mol. The van der Waals surface area contributed by atoms with E-state index in [0.717, 1.165) is 38.5 Å². The van der Waals surface area contributed by atoms with Crippen LogP contribution in [0.1, 0.15) is 52.4 Å². The second kappa shape index (κ2) is 7.24. The van der Waals surface area contributed by atoms with Crippen molar-refractivity contribution >= 4 is 12.0 Å². The molecule has 2 amide bonds. The minimum absolute atomic E-state index is 0.0881. The SMILES string of the molecule is CCCCCC(C)NC(=O)NC(C(=O)O)C1CC1. The Morgan fingerprint density at radius 1 is 1.28 bits per heavy atom. The number of carboxylic acids is 1. The van der Waals surface area contributed by atoms with Crippen molar-refractivity contribution in [3.05, 3.63) is 0 Å². The van der Waals surface area contributed by atoms with Gasteiger partial charge in [-0.2, -0.15) is 0 Å². The number of carbonyl (C=O) groups is 2. The van der Waals surface area contributed by atoms with Crippen molar-refractivity contribution in [1.82, 2.24) is 10.6 Å². The predicted molar refractivity (Wildman–Crippen MR) is 69.4 cm³/mol. The van der Waals surface area contributed by atoms with E-state index < -0.39 is 12.0 Å². The third kappa shape index (κ3) is 5.38. The van der Waals surface area contributed by atoms with E-state index in [9.17, 15) is 9.59 Å². The summed E-state index contributed by atoms with van der Waals surface area (Å²) in [6, 6.07) is -1.00. The number of hydrogen-bond acceptors (Lipinski definition) is 2. The number of rotatable bonds is 8. The van der Waals surface area contributed by atoms with Crippen LogP contribution in [0.15, 0.2) is 0 Å². The van der Waals surface area contributed by atoms with Crippen molar-refractivity contribution in [1.29, 1.82) is 0 Å². The van der Waals surface area contributed by atoms with Crippen LogP contribution in [0, 0.1) is 5.92 Å². The lowest BCUT2D eigenvalue weighted by molar-refractivity contribution is -0.139. The van der Waals surface area contributed by atoms with Gasteiger partial charge in [0.1, 0.15) is 6.04 Å². The molecule has 5 nitrogen and oxygen atoms in total. The maximum atomic E-state index is 11.6. The molecule has 0 saturated heterocycles. The van der Waals surface area contributed by atoms with Gasteiger partial charge in [-0.25, -0.2) is 9.59 Å². The highest BCUT2D eigenvalue weighted by Gasteiger charge is 2.37. The molecule has 104 valence electrons. The number of amides is 2. The van der Waals surface area contributed by atoms with Gasteiger partial charge < -0.3 is 15.7 Å². The molecule has 0 heterocycles. The Bertz CT molecular complexity index is 290. The zero-order valence-electron chi connectivity index (χ0n) is 11.2. The van der Waals surface area contributed by atoms with Gasteiger partial charge in [-0.1, -0.05) is 26.2 Å². The van der Waals surface area contributed by atoms with Gasteiger partial charge in [0.05, 0.1) is 0 Å². The number of unbranched alkanes of at least 4 members (excludes halogenated alkanes) is 2. The monoisotopic (exact) mass is 256 g/mol. The van der Waals surface area contributed by atoms with Crippen LogP contribution in [0.2, 0.25) is 0 Å². The molecule has 1 saturated carbocycles. The fourth-order valence-electron chi connectivity index (χ4n) is 1.99. The second-order valence-corrected chi connectivity index (χ2v) is 5.17. The van der Waals surface area contributed by atoms with Crippen LogP contribution in [0.3, 0.4) is 0 Å². The average molecular weight is 256 g/mol. The fraction of sp³-hybridized carbons (Fsp3) is 0.846. The molecule has 2 atom stereocenters. The van der Waals surface area contributed by atoms with Gasteiger partial charge >= 0.3 is 12.0 Å². The Hall–Kier alpha value is -1.26. The van der Waals surface area contributed by atoms with E-state index >= 15 is 0 Å². The molecule has 1 aliphatic carbocycles. The molecule has 5 heteroatoms. The van der Waals surface area contributed by atoms with Crippen LogP contribution in [-0.2, 0) is 4.79 Å². The highest BCUT2D eigenvalue weighted by atomic mass is 16.4. The van der Waals surface area contributed by atoms with Gasteiger partial charge in [0.25, 0.3) is 0 Å². The first kappa shape index (κ1) is 14.8. The summed E-state index contributed by atoms with van der Waals surface area (Å²) in [5, 5.41) is 14.3. The second-order valence-electron chi connectivity index (χ2n) is 5.17. The molecule has 0 aromatic heterocycles. The third-order valence-electron chi connectivity index (χ3n) is 3.26. The van der Waals surface area contributed by atoms with Gasteiger partial charge in [-0.05, 0) is 32.1 Å². The van der Waals surface area contributed by atoms with E-state index in [1.807, 2.05) is 6.92 Å². The predicted octanol–water partition coefficient (Wildman–Crippen LogP) is 2.12. The van der Waals surface area contributed by atoms with Crippen LogP contribution in [0.25, 0.3) is 0 Å².